The van der Waals surface area contributed by atoms with Gasteiger partial charge in [0, 0.05) is 12.1 Å². The van der Waals surface area contributed by atoms with Crippen molar-refractivity contribution in [2.24, 2.45) is 5.92 Å². The second-order valence-electron chi connectivity index (χ2n) is 4.22. The maximum Gasteiger partial charge on any atom is 0.227 e. The highest BCUT2D eigenvalue weighted by atomic mass is 16.1. The molecule has 1 aromatic rings. The lowest BCUT2D eigenvalue weighted by molar-refractivity contribution is -0.119. The van der Waals surface area contributed by atoms with Crippen molar-refractivity contribution in [2.45, 2.75) is 32.6 Å². The van der Waals surface area contributed by atoms with E-state index in [1.165, 1.54) is 12.8 Å². The standard InChI is InChI=1S/C12H16N2O/c1-9-6-11(8-13-7-9)14-12(15)10-4-2-3-5-10/h6-8,10H,2-5H2,1H3,(H,14,15). The molecular weight excluding hydrogens is 188 g/mol. The molecule has 0 bridgehead atoms. The van der Waals surface area contributed by atoms with Crippen molar-refractivity contribution in [1.29, 1.82) is 0 Å². The van der Waals surface area contributed by atoms with Crippen molar-refractivity contribution < 1.29 is 4.79 Å². The van der Waals surface area contributed by atoms with Gasteiger partial charge < -0.3 is 5.32 Å². The summed E-state index contributed by atoms with van der Waals surface area (Å²) in [5, 5.41) is 2.92. The van der Waals surface area contributed by atoms with Crippen LogP contribution in [0.15, 0.2) is 18.5 Å². The molecule has 1 aliphatic carbocycles. The number of aromatic nitrogens is 1. The summed E-state index contributed by atoms with van der Waals surface area (Å²) < 4.78 is 0. The van der Waals surface area contributed by atoms with Crippen LogP contribution in [0.3, 0.4) is 0 Å². The fourth-order valence-electron chi connectivity index (χ4n) is 2.06. The largest absolute Gasteiger partial charge is 0.324 e. The molecule has 1 aromatic heterocycles. The Morgan fingerprint density at radius 3 is 2.80 bits per heavy atom. The first-order valence-corrected chi connectivity index (χ1v) is 5.48. The highest BCUT2D eigenvalue weighted by Gasteiger charge is 2.22. The van der Waals surface area contributed by atoms with Crippen LogP contribution in [0.1, 0.15) is 31.2 Å². The Kier molecular flexibility index (Phi) is 2.99. The topological polar surface area (TPSA) is 42.0 Å². The number of amides is 1. The molecule has 0 aromatic carbocycles. The van der Waals surface area contributed by atoms with E-state index in [2.05, 4.69) is 10.3 Å². The van der Waals surface area contributed by atoms with Crippen LogP contribution in [-0.2, 0) is 4.79 Å². The van der Waals surface area contributed by atoms with Gasteiger partial charge in [0.1, 0.15) is 0 Å². The smallest absolute Gasteiger partial charge is 0.227 e. The number of hydrogen-bond acceptors (Lipinski definition) is 2. The van der Waals surface area contributed by atoms with E-state index >= 15 is 0 Å². The van der Waals surface area contributed by atoms with Crippen LogP contribution in [0.2, 0.25) is 0 Å². The van der Waals surface area contributed by atoms with E-state index < -0.39 is 0 Å². The zero-order valence-electron chi connectivity index (χ0n) is 8.99. The molecule has 0 atom stereocenters. The van der Waals surface area contributed by atoms with E-state index in [0.29, 0.717) is 0 Å². The predicted octanol–water partition coefficient (Wildman–Crippen LogP) is 2.52. The van der Waals surface area contributed by atoms with Gasteiger partial charge in [0.25, 0.3) is 0 Å². The van der Waals surface area contributed by atoms with Crippen LogP contribution in [0, 0.1) is 12.8 Å². The molecule has 1 fully saturated rings. The average molecular weight is 204 g/mol. The summed E-state index contributed by atoms with van der Waals surface area (Å²) in [5.74, 6) is 0.366. The molecule has 0 radical (unpaired) electrons. The Morgan fingerprint density at radius 2 is 2.13 bits per heavy atom. The minimum atomic E-state index is 0.153. The second-order valence-corrected chi connectivity index (χ2v) is 4.22. The van der Waals surface area contributed by atoms with Crippen molar-refractivity contribution >= 4 is 11.6 Å². The Bertz CT molecular complexity index is 356. The van der Waals surface area contributed by atoms with E-state index in [1.807, 2.05) is 13.0 Å². The molecule has 0 unspecified atom stereocenters. The highest BCUT2D eigenvalue weighted by Crippen LogP contribution is 2.25. The third-order valence-electron chi connectivity index (χ3n) is 2.87. The Labute approximate surface area is 89.9 Å². The van der Waals surface area contributed by atoms with Gasteiger partial charge in [-0.25, -0.2) is 0 Å². The van der Waals surface area contributed by atoms with Gasteiger partial charge in [-0.3, -0.25) is 9.78 Å². The molecule has 15 heavy (non-hydrogen) atoms. The van der Waals surface area contributed by atoms with E-state index in [0.717, 1.165) is 24.1 Å². The van der Waals surface area contributed by atoms with Gasteiger partial charge in [0.2, 0.25) is 5.91 Å². The zero-order valence-corrected chi connectivity index (χ0v) is 8.99. The molecule has 1 amide bonds. The number of nitrogens with zero attached hydrogens (tertiary/aromatic N) is 1. The highest BCUT2D eigenvalue weighted by molar-refractivity contribution is 5.92. The van der Waals surface area contributed by atoms with Crippen molar-refractivity contribution in [3.8, 4) is 0 Å². The first kappa shape index (κ1) is 10.1. The van der Waals surface area contributed by atoms with Crippen LogP contribution < -0.4 is 5.32 Å². The fraction of sp³-hybridized carbons (Fsp3) is 0.500. The lowest BCUT2D eigenvalue weighted by atomic mass is 10.1. The summed E-state index contributed by atoms with van der Waals surface area (Å²) in [6.07, 6.45) is 7.91. The third-order valence-corrected chi connectivity index (χ3v) is 2.87. The monoisotopic (exact) mass is 204 g/mol. The third kappa shape index (κ3) is 2.55. The van der Waals surface area contributed by atoms with Crippen molar-refractivity contribution in [2.75, 3.05) is 5.32 Å². The SMILES string of the molecule is Cc1cncc(NC(=O)C2CCCC2)c1. The summed E-state index contributed by atoms with van der Waals surface area (Å²) in [7, 11) is 0. The van der Waals surface area contributed by atoms with Gasteiger partial charge in [0.15, 0.2) is 0 Å². The molecule has 80 valence electrons. The van der Waals surface area contributed by atoms with Crippen molar-refractivity contribution in [3.63, 3.8) is 0 Å². The molecule has 1 N–H and O–H groups in total. The summed E-state index contributed by atoms with van der Waals surface area (Å²) in [6.45, 7) is 1.97. The van der Waals surface area contributed by atoms with Crippen LogP contribution in [0.25, 0.3) is 0 Å². The maximum atomic E-state index is 11.8. The van der Waals surface area contributed by atoms with Gasteiger partial charge in [-0.2, -0.15) is 0 Å². The first-order valence-electron chi connectivity index (χ1n) is 5.48. The normalized spacial score (nSPS) is 16.6. The Hall–Kier alpha value is -1.38. The van der Waals surface area contributed by atoms with E-state index in [9.17, 15) is 4.79 Å². The van der Waals surface area contributed by atoms with E-state index in [4.69, 9.17) is 0 Å². The summed E-state index contributed by atoms with van der Waals surface area (Å²) in [6, 6.07) is 1.94. The van der Waals surface area contributed by atoms with Gasteiger partial charge in [-0.1, -0.05) is 12.8 Å². The first-order chi connectivity index (χ1) is 7.25. The summed E-state index contributed by atoms with van der Waals surface area (Å²) in [5.41, 5.74) is 1.88. The van der Waals surface area contributed by atoms with Crippen LogP contribution >= 0.6 is 0 Å². The van der Waals surface area contributed by atoms with E-state index in [-0.39, 0.29) is 11.8 Å². The van der Waals surface area contributed by atoms with Crippen LogP contribution in [0.4, 0.5) is 5.69 Å². The number of carbonyl (C=O) groups excluding carboxylic acids is 1. The molecule has 3 heteroatoms. The van der Waals surface area contributed by atoms with Crippen LogP contribution in [0.5, 0.6) is 0 Å². The van der Waals surface area contributed by atoms with Gasteiger partial charge >= 0.3 is 0 Å². The molecule has 0 spiro atoms. The van der Waals surface area contributed by atoms with E-state index in [1.54, 1.807) is 12.4 Å². The Morgan fingerprint density at radius 1 is 1.40 bits per heavy atom. The van der Waals surface area contributed by atoms with Crippen molar-refractivity contribution in [3.05, 3.63) is 24.0 Å². The molecule has 1 heterocycles. The number of nitrogens with one attached hydrogen (secondary N) is 1. The van der Waals surface area contributed by atoms with Gasteiger partial charge in [0.05, 0.1) is 11.9 Å². The quantitative estimate of drug-likeness (QED) is 0.804. The van der Waals surface area contributed by atoms with Gasteiger partial charge in [-0.05, 0) is 31.4 Å². The number of anilines is 1. The lowest BCUT2D eigenvalue weighted by Crippen LogP contribution is -2.20. The summed E-state index contributed by atoms with van der Waals surface area (Å²) >= 11 is 0. The molecule has 0 saturated heterocycles. The molecule has 1 saturated carbocycles. The Balaban J connectivity index is 1.99. The zero-order chi connectivity index (χ0) is 10.7. The van der Waals surface area contributed by atoms with Crippen LogP contribution in [-0.4, -0.2) is 10.9 Å². The predicted molar refractivity (Wildman–Crippen MR) is 59.6 cm³/mol. The fourth-order valence-corrected chi connectivity index (χ4v) is 2.06. The second kappa shape index (κ2) is 4.43. The average Bonchev–Trinajstić information content (AvgIpc) is 2.70. The number of aryl methyl sites for hydroxylation is 1. The number of carbonyl (C=O) groups is 1. The number of rotatable bonds is 2. The lowest BCUT2D eigenvalue weighted by Gasteiger charge is -2.10. The molecule has 1 aliphatic rings. The maximum absolute atomic E-state index is 11.8. The van der Waals surface area contributed by atoms with Crippen molar-refractivity contribution in [1.82, 2.24) is 4.98 Å². The molecular formula is C12H16N2O. The summed E-state index contributed by atoms with van der Waals surface area (Å²) in [4.78, 5) is 15.8. The molecule has 3 nitrogen and oxygen atoms in total. The van der Waals surface area contributed by atoms with Gasteiger partial charge in [-0.15, -0.1) is 0 Å². The minimum Gasteiger partial charge on any atom is -0.324 e. The molecule has 0 aliphatic heterocycles. The number of hydrogen-bond donors (Lipinski definition) is 1. The molecule has 2 rings (SSSR count). The minimum absolute atomic E-state index is 0.153. The number of pyridine rings is 1.